The number of hydrogen-bond donors (Lipinski definition) is 0. The lowest BCUT2D eigenvalue weighted by atomic mass is 10.1. The van der Waals surface area contributed by atoms with Gasteiger partial charge in [-0.05, 0) is 57.2 Å². The van der Waals surface area contributed by atoms with E-state index in [4.69, 9.17) is 18.9 Å². The van der Waals surface area contributed by atoms with Crippen LogP contribution in [0.2, 0.25) is 0 Å². The van der Waals surface area contributed by atoms with Crippen LogP contribution in [-0.4, -0.2) is 37.9 Å². The van der Waals surface area contributed by atoms with E-state index in [1.165, 1.54) is 21.0 Å². The highest BCUT2D eigenvalue weighted by Crippen LogP contribution is 2.28. The summed E-state index contributed by atoms with van der Waals surface area (Å²) in [5.41, 5.74) is 1.58. The van der Waals surface area contributed by atoms with Crippen molar-refractivity contribution in [2.75, 3.05) is 20.3 Å². The van der Waals surface area contributed by atoms with Crippen LogP contribution >= 0.6 is 0 Å². The maximum Gasteiger partial charge on any atom is 0.344 e. The van der Waals surface area contributed by atoms with Crippen molar-refractivity contribution in [2.45, 2.75) is 27.4 Å². The maximum absolute atomic E-state index is 12.1. The van der Waals surface area contributed by atoms with Gasteiger partial charge in [0.25, 0.3) is 0 Å². The number of ether oxygens (including phenoxy) is 4. The molecule has 0 amide bonds. The molecular weight excluding hydrogens is 376 g/mol. The van der Waals surface area contributed by atoms with Crippen molar-refractivity contribution in [3.05, 3.63) is 53.1 Å². The third-order valence-electron chi connectivity index (χ3n) is 4.07. The first kappa shape index (κ1) is 21.9. The number of hydrogen-bond acceptors (Lipinski definition) is 7. The fraction of sp³-hybridized carbons (Fsp3) is 0.318. The minimum atomic E-state index is -0.599. The molecule has 0 aromatic heterocycles. The summed E-state index contributed by atoms with van der Waals surface area (Å²) in [6, 6.07) is 9.69. The van der Waals surface area contributed by atoms with Crippen LogP contribution in [0.15, 0.2) is 36.4 Å². The Morgan fingerprint density at radius 2 is 1.45 bits per heavy atom. The third kappa shape index (κ3) is 6.07. The zero-order valence-corrected chi connectivity index (χ0v) is 16.9. The van der Waals surface area contributed by atoms with E-state index >= 15 is 0 Å². The predicted molar refractivity (Wildman–Crippen MR) is 106 cm³/mol. The molecule has 0 fully saturated rings. The number of Topliss-reactive ketones (excluding diaryl/α,β-unsaturated/α-hetero) is 2. The molecule has 0 aliphatic carbocycles. The van der Waals surface area contributed by atoms with Crippen LogP contribution in [0, 0.1) is 0 Å². The minimum Gasteiger partial charge on any atom is -0.493 e. The third-order valence-corrected chi connectivity index (χ3v) is 4.07. The van der Waals surface area contributed by atoms with Gasteiger partial charge >= 0.3 is 5.97 Å². The zero-order valence-electron chi connectivity index (χ0n) is 16.9. The topological polar surface area (TPSA) is 88.1 Å². The van der Waals surface area contributed by atoms with E-state index in [1.807, 2.05) is 6.92 Å². The van der Waals surface area contributed by atoms with E-state index in [0.717, 1.165) is 0 Å². The Kier molecular flexibility index (Phi) is 7.77. The molecule has 0 bridgehead atoms. The van der Waals surface area contributed by atoms with Crippen molar-refractivity contribution in [3.63, 3.8) is 0 Å². The molecule has 7 nitrogen and oxygen atoms in total. The number of methoxy groups -OCH3 is 1. The van der Waals surface area contributed by atoms with E-state index in [2.05, 4.69) is 0 Å². The molecule has 0 aliphatic heterocycles. The molecule has 0 unspecified atom stereocenters. The van der Waals surface area contributed by atoms with Gasteiger partial charge < -0.3 is 18.9 Å². The van der Waals surface area contributed by atoms with Gasteiger partial charge in [0.2, 0.25) is 0 Å². The molecule has 0 heterocycles. The van der Waals surface area contributed by atoms with Crippen molar-refractivity contribution in [1.82, 2.24) is 0 Å². The average Bonchev–Trinajstić information content (AvgIpc) is 2.71. The molecule has 0 radical (unpaired) electrons. The molecule has 0 saturated heterocycles. The summed E-state index contributed by atoms with van der Waals surface area (Å²) in [6.45, 7) is 4.80. The van der Waals surface area contributed by atoms with Crippen LogP contribution in [0.25, 0.3) is 0 Å². The predicted octanol–water partition coefficient (Wildman–Crippen LogP) is 3.62. The highest BCUT2D eigenvalue weighted by molar-refractivity contribution is 5.95. The molecule has 0 N–H and O–H groups in total. The monoisotopic (exact) mass is 400 g/mol. The second kappa shape index (κ2) is 10.3. The minimum absolute atomic E-state index is 0.0565. The number of rotatable bonds is 10. The van der Waals surface area contributed by atoms with Gasteiger partial charge in [-0.25, -0.2) is 4.79 Å². The molecule has 2 rings (SSSR count). The Balaban J connectivity index is 2.01. The Morgan fingerprint density at radius 3 is 2.03 bits per heavy atom. The van der Waals surface area contributed by atoms with E-state index in [9.17, 15) is 14.4 Å². The van der Waals surface area contributed by atoms with Crippen molar-refractivity contribution >= 4 is 17.5 Å². The summed E-state index contributed by atoms with van der Waals surface area (Å²) >= 11 is 0. The number of ketones is 2. The van der Waals surface area contributed by atoms with Gasteiger partial charge in [-0.2, -0.15) is 0 Å². The Morgan fingerprint density at radius 1 is 0.828 bits per heavy atom. The zero-order chi connectivity index (χ0) is 21.4. The van der Waals surface area contributed by atoms with Gasteiger partial charge in [-0.15, -0.1) is 0 Å². The molecule has 0 saturated carbocycles. The fourth-order valence-corrected chi connectivity index (χ4v) is 2.55. The Labute approximate surface area is 169 Å². The van der Waals surface area contributed by atoms with Crippen LogP contribution in [-0.2, 0) is 16.1 Å². The smallest absolute Gasteiger partial charge is 0.344 e. The van der Waals surface area contributed by atoms with Crippen LogP contribution in [0.5, 0.6) is 17.2 Å². The Bertz CT molecular complexity index is 902. The molecule has 2 aromatic rings. The normalized spacial score (nSPS) is 10.2. The quantitative estimate of drug-likeness (QED) is 0.444. The molecule has 0 atom stereocenters. The summed E-state index contributed by atoms with van der Waals surface area (Å²) in [4.78, 5) is 35.1. The van der Waals surface area contributed by atoms with Crippen molar-refractivity contribution in [2.24, 2.45) is 0 Å². The molecule has 154 valence electrons. The summed E-state index contributed by atoms with van der Waals surface area (Å²) in [6.07, 6.45) is 0. The van der Waals surface area contributed by atoms with Gasteiger partial charge in [0.1, 0.15) is 12.4 Å². The lowest BCUT2D eigenvalue weighted by molar-refractivity contribution is -0.147. The fourth-order valence-electron chi connectivity index (χ4n) is 2.55. The molecule has 0 aliphatic rings. The first-order valence-electron chi connectivity index (χ1n) is 9.09. The summed E-state index contributed by atoms with van der Waals surface area (Å²) in [5, 5.41) is 0. The van der Waals surface area contributed by atoms with Crippen LogP contribution < -0.4 is 14.2 Å². The lowest BCUT2D eigenvalue weighted by Crippen LogP contribution is -2.15. The first-order valence-corrected chi connectivity index (χ1v) is 9.09. The van der Waals surface area contributed by atoms with Crippen LogP contribution in [0.3, 0.4) is 0 Å². The molecule has 29 heavy (non-hydrogen) atoms. The van der Waals surface area contributed by atoms with Gasteiger partial charge in [-0.1, -0.05) is 0 Å². The molecule has 7 heteroatoms. The second-order valence-electron chi connectivity index (χ2n) is 6.18. The average molecular weight is 400 g/mol. The van der Waals surface area contributed by atoms with Gasteiger partial charge in [0.05, 0.1) is 13.7 Å². The van der Waals surface area contributed by atoms with E-state index < -0.39 is 5.97 Å². The van der Waals surface area contributed by atoms with Crippen molar-refractivity contribution < 1.29 is 33.3 Å². The summed E-state index contributed by atoms with van der Waals surface area (Å²) in [7, 11) is 1.45. The first-order chi connectivity index (χ1) is 13.8. The molecule has 0 spiro atoms. The standard InChI is InChI=1S/C22H24O7/c1-5-27-19-8-6-16(14(2)23)10-18(19)12-29-22(25)13-28-20-9-7-17(15(3)24)11-21(20)26-4/h6-11H,5,12-13H2,1-4H3. The van der Waals surface area contributed by atoms with E-state index in [1.54, 1.807) is 36.4 Å². The van der Waals surface area contributed by atoms with Gasteiger partial charge in [0, 0.05) is 16.7 Å². The number of esters is 1. The summed E-state index contributed by atoms with van der Waals surface area (Å²) in [5.74, 6) is 0.421. The number of carbonyl (C=O) groups is 3. The largest absolute Gasteiger partial charge is 0.493 e. The highest BCUT2D eigenvalue weighted by Gasteiger charge is 2.13. The summed E-state index contributed by atoms with van der Waals surface area (Å²) < 4.78 is 21.4. The SMILES string of the molecule is CCOc1ccc(C(C)=O)cc1COC(=O)COc1ccc(C(C)=O)cc1OC. The van der Waals surface area contributed by atoms with Crippen molar-refractivity contribution in [1.29, 1.82) is 0 Å². The Hall–Kier alpha value is -3.35. The number of benzene rings is 2. The second-order valence-corrected chi connectivity index (χ2v) is 6.18. The van der Waals surface area contributed by atoms with Gasteiger partial charge in [-0.3, -0.25) is 9.59 Å². The van der Waals surface area contributed by atoms with Crippen molar-refractivity contribution in [3.8, 4) is 17.2 Å². The van der Waals surface area contributed by atoms with Crippen LogP contribution in [0.1, 0.15) is 47.1 Å². The molecule has 2 aromatic carbocycles. The van der Waals surface area contributed by atoms with E-state index in [0.29, 0.717) is 40.5 Å². The highest BCUT2D eigenvalue weighted by atomic mass is 16.6. The maximum atomic E-state index is 12.1. The van der Waals surface area contributed by atoms with Gasteiger partial charge in [0.15, 0.2) is 29.7 Å². The van der Waals surface area contributed by atoms with Crippen LogP contribution in [0.4, 0.5) is 0 Å². The molecular formula is C22H24O7. The lowest BCUT2D eigenvalue weighted by Gasteiger charge is -2.13. The van der Waals surface area contributed by atoms with E-state index in [-0.39, 0.29) is 24.8 Å². The number of carbonyl (C=O) groups excluding carboxylic acids is 3.